The van der Waals surface area contributed by atoms with Crippen LogP contribution in [0.5, 0.6) is 5.75 Å². The molecule has 1 saturated heterocycles. The van der Waals surface area contributed by atoms with E-state index in [1.165, 1.54) is 67.3 Å². The molecule has 2 aromatic rings. The molecule has 3 heterocycles. The lowest BCUT2D eigenvalue weighted by Gasteiger charge is -2.33. The summed E-state index contributed by atoms with van der Waals surface area (Å²) in [7, 11) is 0. The van der Waals surface area contributed by atoms with Gasteiger partial charge in [0.15, 0.2) is 0 Å². The highest BCUT2D eigenvalue weighted by Crippen LogP contribution is 2.58. The molecule has 2 aliphatic carbocycles. The van der Waals surface area contributed by atoms with Crippen molar-refractivity contribution < 1.29 is 14.3 Å². The fourth-order valence-corrected chi connectivity index (χ4v) is 6.93. The second-order valence-corrected chi connectivity index (χ2v) is 13.2. The number of hydrogen-bond acceptors (Lipinski definition) is 3. The number of carbonyl (C=O) groups is 1. The van der Waals surface area contributed by atoms with Crippen LogP contribution in [0, 0.1) is 12.8 Å². The van der Waals surface area contributed by atoms with Crippen molar-refractivity contribution in [3.63, 3.8) is 0 Å². The van der Waals surface area contributed by atoms with Gasteiger partial charge in [0.1, 0.15) is 5.75 Å². The van der Waals surface area contributed by atoms with Gasteiger partial charge in [-0.05, 0) is 80.5 Å². The molecule has 1 amide bonds. The van der Waals surface area contributed by atoms with Crippen LogP contribution in [-0.2, 0) is 22.1 Å². The maximum atomic E-state index is 13.5. The van der Waals surface area contributed by atoms with Gasteiger partial charge in [0, 0.05) is 41.1 Å². The molecule has 6 rings (SSSR count). The number of rotatable bonds is 5. The van der Waals surface area contributed by atoms with E-state index < -0.39 is 0 Å². The molecule has 0 bridgehead atoms. The van der Waals surface area contributed by atoms with E-state index in [2.05, 4.69) is 55.8 Å². The van der Waals surface area contributed by atoms with E-state index in [1.54, 1.807) is 0 Å². The Hall–Kier alpha value is -2.27. The molecule has 2 saturated carbocycles. The van der Waals surface area contributed by atoms with Crippen molar-refractivity contribution in [1.29, 1.82) is 0 Å². The standard InChI is InChI=1S/C32H44N2O3/c1-21-25(30(35)33-24-10-14-36-20-24)18-28(34(21)19-22-8-6-5-7-9-22)23-16-26(31(2,3)4)29-27(17-23)32(11-12-32)13-15-37-29/h16-18,22,24H,5-15,19-20H2,1-4H3,(H,33,35)/t24-/m0/s1. The van der Waals surface area contributed by atoms with Crippen LogP contribution < -0.4 is 10.1 Å². The predicted molar refractivity (Wildman–Crippen MR) is 148 cm³/mol. The van der Waals surface area contributed by atoms with Gasteiger partial charge in [0.2, 0.25) is 0 Å². The minimum Gasteiger partial charge on any atom is -0.493 e. The smallest absolute Gasteiger partial charge is 0.253 e. The Balaban J connectivity index is 1.46. The van der Waals surface area contributed by atoms with Crippen LogP contribution in [0.2, 0.25) is 0 Å². The van der Waals surface area contributed by atoms with E-state index >= 15 is 0 Å². The molecule has 5 heteroatoms. The molecule has 1 spiro atoms. The molecule has 2 aliphatic heterocycles. The first-order valence-electron chi connectivity index (χ1n) is 14.7. The van der Waals surface area contributed by atoms with E-state index in [-0.39, 0.29) is 17.4 Å². The number of benzene rings is 1. The van der Waals surface area contributed by atoms with Gasteiger partial charge in [-0.25, -0.2) is 0 Å². The highest BCUT2D eigenvalue weighted by molar-refractivity contribution is 5.97. The van der Waals surface area contributed by atoms with Gasteiger partial charge in [-0.2, -0.15) is 0 Å². The van der Waals surface area contributed by atoms with Crippen molar-refractivity contribution in [2.24, 2.45) is 5.92 Å². The largest absolute Gasteiger partial charge is 0.493 e. The second-order valence-electron chi connectivity index (χ2n) is 13.2. The zero-order valence-corrected chi connectivity index (χ0v) is 23.3. The van der Waals surface area contributed by atoms with Crippen LogP contribution in [-0.4, -0.2) is 36.3 Å². The monoisotopic (exact) mass is 504 g/mol. The van der Waals surface area contributed by atoms with E-state index in [9.17, 15) is 4.79 Å². The van der Waals surface area contributed by atoms with Gasteiger partial charge in [-0.3, -0.25) is 4.79 Å². The van der Waals surface area contributed by atoms with Crippen molar-refractivity contribution in [1.82, 2.24) is 9.88 Å². The summed E-state index contributed by atoms with van der Waals surface area (Å²) >= 11 is 0. The molecule has 37 heavy (non-hydrogen) atoms. The average Bonchev–Trinajstić information content (AvgIpc) is 3.30. The maximum absolute atomic E-state index is 13.5. The highest BCUT2D eigenvalue weighted by Gasteiger charge is 2.49. The zero-order valence-electron chi connectivity index (χ0n) is 23.3. The van der Waals surface area contributed by atoms with Crippen molar-refractivity contribution in [2.75, 3.05) is 19.8 Å². The molecule has 0 radical (unpaired) electrons. The van der Waals surface area contributed by atoms with Crippen LogP contribution in [0.3, 0.4) is 0 Å². The minimum absolute atomic E-state index is 0.0218. The van der Waals surface area contributed by atoms with Gasteiger partial charge < -0.3 is 19.4 Å². The number of nitrogens with one attached hydrogen (secondary N) is 1. The van der Waals surface area contributed by atoms with Gasteiger partial charge in [-0.1, -0.05) is 40.0 Å². The summed E-state index contributed by atoms with van der Waals surface area (Å²) in [6.45, 7) is 12.2. The SMILES string of the molecule is Cc1c(C(=O)N[C@H]2CCOC2)cc(-c2cc(C(C)(C)C)c3c(c2)C2(CCO3)CC2)n1CC1CCCCC1. The molecular weight excluding hydrogens is 460 g/mol. The molecule has 1 aromatic carbocycles. The average molecular weight is 505 g/mol. The third kappa shape index (κ3) is 4.73. The Morgan fingerprint density at radius 3 is 2.51 bits per heavy atom. The second kappa shape index (κ2) is 9.48. The molecule has 0 unspecified atom stereocenters. The van der Waals surface area contributed by atoms with Crippen molar-refractivity contribution >= 4 is 5.91 Å². The lowest BCUT2D eigenvalue weighted by molar-refractivity contribution is 0.0929. The summed E-state index contributed by atoms with van der Waals surface area (Å²) in [5.74, 6) is 1.84. The van der Waals surface area contributed by atoms with E-state index in [4.69, 9.17) is 9.47 Å². The summed E-state index contributed by atoms with van der Waals surface area (Å²) in [6.07, 6.45) is 11.1. The Kier molecular flexibility index (Phi) is 6.42. The number of hydrogen-bond donors (Lipinski definition) is 1. The topological polar surface area (TPSA) is 52.5 Å². The molecule has 1 atom stereocenters. The fraction of sp³-hybridized carbons (Fsp3) is 0.656. The number of amides is 1. The Bertz CT molecular complexity index is 1150. The molecule has 200 valence electrons. The summed E-state index contributed by atoms with van der Waals surface area (Å²) < 4.78 is 14.3. The number of carbonyl (C=O) groups excluding carboxylic acids is 1. The normalized spacial score (nSPS) is 23.1. The molecule has 4 aliphatic rings. The number of fused-ring (bicyclic) bond motifs is 2. The van der Waals surface area contributed by atoms with Crippen LogP contribution in [0.15, 0.2) is 18.2 Å². The van der Waals surface area contributed by atoms with E-state index in [0.29, 0.717) is 17.9 Å². The fourth-order valence-electron chi connectivity index (χ4n) is 6.93. The van der Waals surface area contributed by atoms with Crippen molar-refractivity contribution in [3.05, 3.63) is 40.6 Å². The third-order valence-corrected chi connectivity index (χ3v) is 9.49. The number of nitrogens with zero attached hydrogens (tertiary/aromatic N) is 1. The Morgan fingerprint density at radius 1 is 1.05 bits per heavy atom. The molecule has 5 nitrogen and oxygen atoms in total. The first kappa shape index (κ1) is 25.0. The Labute approximate surface area is 222 Å². The van der Waals surface area contributed by atoms with Crippen LogP contribution >= 0.6 is 0 Å². The van der Waals surface area contributed by atoms with Gasteiger partial charge in [-0.15, -0.1) is 0 Å². The molecule has 1 aromatic heterocycles. The third-order valence-electron chi connectivity index (χ3n) is 9.49. The summed E-state index contributed by atoms with van der Waals surface area (Å²) in [5.41, 5.74) is 7.29. The van der Waals surface area contributed by atoms with Crippen LogP contribution in [0.4, 0.5) is 0 Å². The Morgan fingerprint density at radius 2 is 1.84 bits per heavy atom. The van der Waals surface area contributed by atoms with Crippen molar-refractivity contribution in [2.45, 2.75) is 109 Å². The van der Waals surface area contributed by atoms with E-state index in [1.807, 2.05) is 0 Å². The van der Waals surface area contributed by atoms with Crippen LogP contribution in [0.25, 0.3) is 11.3 Å². The van der Waals surface area contributed by atoms with E-state index in [0.717, 1.165) is 49.6 Å². The van der Waals surface area contributed by atoms with Crippen molar-refractivity contribution in [3.8, 4) is 17.0 Å². The summed E-state index contributed by atoms with van der Waals surface area (Å²) in [5, 5.41) is 3.24. The lowest BCUT2D eigenvalue weighted by Crippen LogP contribution is -2.35. The van der Waals surface area contributed by atoms with Gasteiger partial charge in [0.05, 0.1) is 24.8 Å². The lowest BCUT2D eigenvalue weighted by atomic mass is 9.79. The van der Waals surface area contributed by atoms with Gasteiger partial charge >= 0.3 is 0 Å². The van der Waals surface area contributed by atoms with Crippen LogP contribution in [0.1, 0.15) is 106 Å². The predicted octanol–water partition coefficient (Wildman–Crippen LogP) is 6.67. The molecular formula is C32H44N2O3. The molecule has 3 fully saturated rings. The number of ether oxygens (including phenoxy) is 2. The maximum Gasteiger partial charge on any atom is 0.253 e. The quantitative estimate of drug-likeness (QED) is 0.494. The minimum atomic E-state index is -0.0218. The zero-order chi connectivity index (χ0) is 25.8. The number of aromatic nitrogens is 1. The first-order chi connectivity index (χ1) is 17.7. The van der Waals surface area contributed by atoms with Gasteiger partial charge in [0.25, 0.3) is 5.91 Å². The molecule has 1 N–H and O–H groups in total. The summed E-state index contributed by atoms with van der Waals surface area (Å²) in [4.78, 5) is 13.5. The summed E-state index contributed by atoms with van der Waals surface area (Å²) in [6, 6.07) is 7.05. The highest BCUT2D eigenvalue weighted by atomic mass is 16.5. The first-order valence-corrected chi connectivity index (χ1v) is 14.7.